The van der Waals surface area contributed by atoms with Gasteiger partial charge >= 0.3 is 0 Å². The summed E-state index contributed by atoms with van der Waals surface area (Å²) in [6, 6.07) is 19.1. The zero-order chi connectivity index (χ0) is 28.1. The zero-order valence-corrected chi connectivity index (χ0v) is 22.3. The Kier molecular flexibility index (Phi) is 8.05. The Bertz CT molecular complexity index is 1450. The van der Waals surface area contributed by atoms with Crippen LogP contribution in [0.3, 0.4) is 0 Å². The first-order chi connectivity index (χ1) is 19.5. The van der Waals surface area contributed by atoms with Gasteiger partial charge in [-0.3, -0.25) is 9.59 Å². The number of hydrogen-bond donors (Lipinski definition) is 1. The van der Waals surface area contributed by atoms with Gasteiger partial charge in [-0.05, 0) is 54.8 Å². The van der Waals surface area contributed by atoms with Gasteiger partial charge in [0.2, 0.25) is 0 Å². The lowest BCUT2D eigenvalue weighted by molar-refractivity contribution is -0.139. The molecule has 2 heterocycles. The van der Waals surface area contributed by atoms with Crippen LogP contribution in [0.1, 0.15) is 29.7 Å². The molecular formula is C32H31NO7. The van der Waals surface area contributed by atoms with E-state index in [4.69, 9.17) is 18.9 Å². The highest BCUT2D eigenvalue weighted by Gasteiger charge is 2.46. The third kappa shape index (κ3) is 5.38. The molecular weight excluding hydrogens is 510 g/mol. The molecule has 1 fully saturated rings. The highest BCUT2D eigenvalue weighted by Crippen LogP contribution is 2.43. The molecule has 2 aliphatic rings. The fourth-order valence-corrected chi connectivity index (χ4v) is 4.93. The summed E-state index contributed by atoms with van der Waals surface area (Å²) in [5, 5.41) is 11.5. The topological polar surface area (TPSA) is 94.5 Å². The fourth-order valence-electron chi connectivity index (χ4n) is 4.93. The molecule has 1 saturated heterocycles. The van der Waals surface area contributed by atoms with E-state index in [1.807, 2.05) is 37.3 Å². The molecule has 206 valence electrons. The first kappa shape index (κ1) is 26.9. The number of nitrogens with zero attached hydrogens (tertiary/aromatic N) is 1. The molecule has 1 N–H and O–H groups in total. The number of carbonyl (C=O) groups excluding carboxylic acids is 2. The van der Waals surface area contributed by atoms with Gasteiger partial charge in [0.05, 0.1) is 18.2 Å². The predicted molar refractivity (Wildman–Crippen MR) is 150 cm³/mol. The maximum absolute atomic E-state index is 13.5. The van der Waals surface area contributed by atoms with E-state index in [9.17, 15) is 14.7 Å². The average Bonchev–Trinajstić information content (AvgIpc) is 3.24. The van der Waals surface area contributed by atoms with E-state index in [2.05, 4.69) is 6.58 Å². The molecule has 3 aromatic carbocycles. The number of rotatable bonds is 10. The second-order valence-corrected chi connectivity index (χ2v) is 9.33. The number of ether oxygens (including phenoxy) is 4. The number of aliphatic hydroxyl groups excluding tert-OH is 1. The minimum Gasteiger partial charge on any atom is -0.507 e. The Morgan fingerprint density at radius 1 is 1.00 bits per heavy atom. The summed E-state index contributed by atoms with van der Waals surface area (Å²) < 4.78 is 22.9. The second kappa shape index (κ2) is 12.0. The number of amides is 1. The third-order valence-corrected chi connectivity index (χ3v) is 6.78. The summed E-state index contributed by atoms with van der Waals surface area (Å²) >= 11 is 0. The first-order valence-electron chi connectivity index (χ1n) is 13.2. The maximum atomic E-state index is 13.5. The number of carbonyl (C=O) groups is 2. The van der Waals surface area contributed by atoms with E-state index in [0.717, 1.165) is 5.56 Å². The lowest BCUT2D eigenvalue weighted by atomic mass is 9.94. The van der Waals surface area contributed by atoms with Crippen molar-refractivity contribution in [2.24, 2.45) is 0 Å². The van der Waals surface area contributed by atoms with Crippen molar-refractivity contribution in [1.29, 1.82) is 0 Å². The third-order valence-electron chi connectivity index (χ3n) is 6.78. The van der Waals surface area contributed by atoms with Gasteiger partial charge in [0.25, 0.3) is 11.7 Å². The van der Waals surface area contributed by atoms with Crippen molar-refractivity contribution in [3.05, 3.63) is 102 Å². The molecule has 1 amide bonds. The quantitative estimate of drug-likeness (QED) is 0.165. The van der Waals surface area contributed by atoms with E-state index >= 15 is 0 Å². The molecule has 1 atom stereocenters. The van der Waals surface area contributed by atoms with Crippen molar-refractivity contribution in [2.45, 2.75) is 19.4 Å². The second-order valence-electron chi connectivity index (χ2n) is 9.33. The van der Waals surface area contributed by atoms with E-state index in [-0.39, 0.29) is 17.9 Å². The number of benzene rings is 3. The number of fused-ring (bicyclic) bond motifs is 1. The Morgan fingerprint density at radius 2 is 1.77 bits per heavy atom. The molecule has 0 bridgehead atoms. The zero-order valence-electron chi connectivity index (χ0n) is 22.3. The molecule has 2 aliphatic heterocycles. The molecule has 8 nitrogen and oxygen atoms in total. The normalized spacial score (nSPS) is 17.5. The van der Waals surface area contributed by atoms with Gasteiger partial charge in [-0.1, -0.05) is 49.1 Å². The molecule has 8 heteroatoms. The van der Waals surface area contributed by atoms with Crippen LogP contribution in [0.15, 0.2) is 85.0 Å². The fraction of sp³-hybridized carbons (Fsp3) is 0.250. The lowest BCUT2D eigenvalue weighted by Gasteiger charge is -2.26. The first-order valence-corrected chi connectivity index (χ1v) is 13.2. The van der Waals surface area contributed by atoms with Gasteiger partial charge in [0.1, 0.15) is 25.6 Å². The molecule has 0 aliphatic carbocycles. The summed E-state index contributed by atoms with van der Waals surface area (Å²) in [6.07, 6.45) is 2.17. The Morgan fingerprint density at radius 3 is 2.52 bits per heavy atom. The van der Waals surface area contributed by atoms with Gasteiger partial charge < -0.3 is 29.0 Å². The number of hydrogen-bond acceptors (Lipinski definition) is 7. The Hall–Kier alpha value is -4.72. The lowest BCUT2D eigenvalue weighted by Crippen LogP contribution is -2.31. The minimum atomic E-state index is -0.843. The molecule has 0 radical (unpaired) electrons. The molecule has 0 aromatic heterocycles. The van der Waals surface area contributed by atoms with Gasteiger partial charge in [0, 0.05) is 12.1 Å². The van der Waals surface area contributed by atoms with Crippen molar-refractivity contribution < 1.29 is 33.6 Å². The van der Waals surface area contributed by atoms with Gasteiger partial charge in [-0.25, -0.2) is 0 Å². The largest absolute Gasteiger partial charge is 0.507 e. The average molecular weight is 542 g/mol. The van der Waals surface area contributed by atoms with Crippen LogP contribution < -0.4 is 18.9 Å². The van der Waals surface area contributed by atoms with Crippen molar-refractivity contribution in [1.82, 2.24) is 4.90 Å². The highest BCUT2D eigenvalue weighted by molar-refractivity contribution is 6.46. The van der Waals surface area contributed by atoms with Crippen LogP contribution >= 0.6 is 0 Å². The summed E-state index contributed by atoms with van der Waals surface area (Å²) in [7, 11) is 0. The predicted octanol–water partition coefficient (Wildman–Crippen LogP) is 5.09. The highest BCUT2D eigenvalue weighted by atomic mass is 16.6. The standard InChI is InChI=1S/C32H31NO7/c1-3-16-38-24-12-10-22(19-26(24)37-4-2)29-28(30(34)23-11-13-25-27(20-23)40-18-17-39-25)31(35)32(36)33(29)15-14-21-8-6-5-7-9-21/h3,5-13,19-20,29,34H,1,4,14-18H2,2H3/b30-28-. The van der Waals surface area contributed by atoms with Crippen LogP contribution in [0.25, 0.3) is 5.76 Å². The molecule has 40 heavy (non-hydrogen) atoms. The van der Waals surface area contributed by atoms with Crippen LogP contribution in [-0.4, -0.2) is 54.7 Å². The summed E-state index contributed by atoms with van der Waals surface area (Å²) in [5.74, 6) is 0.285. The van der Waals surface area contributed by atoms with Crippen molar-refractivity contribution in [3.8, 4) is 23.0 Å². The summed E-state index contributed by atoms with van der Waals surface area (Å²) in [4.78, 5) is 28.4. The number of Topliss-reactive ketones (excluding diaryl/α,β-unsaturated/α-hetero) is 1. The molecule has 0 saturated carbocycles. The van der Waals surface area contributed by atoms with Crippen LogP contribution in [0.5, 0.6) is 23.0 Å². The Balaban J connectivity index is 1.60. The Labute approximate surface area is 233 Å². The van der Waals surface area contributed by atoms with Crippen molar-refractivity contribution in [2.75, 3.05) is 33.0 Å². The summed E-state index contributed by atoms with van der Waals surface area (Å²) in [6.45, 7) is 7.31. The van der Waals surface area contributed by atoms with Crippen LogP contribution in [-0.2, 0) is 16.0 Å². The minimum absolute atomic E-state index is 0.00283. The SMILES string of the molecule is C=CCOc1ccc(C2/C(=C(/O)c3ccc4c(c3)OCCO4)C(=O)C(=O)N2CCc2ccccc2)cc1OCC. The van der Waals surface area contributed by atoms with Crippen LogP contribution in [0.2, 0.25) is 0 Å². The molecule has 5 rings (SSSR count). The van der Waals surface area contributed by atoms with Crippen LogP contribution in [0, 0.1) is 0 Å². The maximum Gasteiger partial charge on any atom is 0.295 e. The van der Waals surface area contributed by atoms with E-state index in [1.165, 1.54) is 4.90 Å². The molecule has 1 unspecified atom stereocenters. The number of ketones is 1. The van der Waals surface area contributed by atoms with Crippen molar-refractivity contribution in [3.63, 3.8) is 0 Å². The monoisotopic (exact) mass is 541 g/mol. The number of likely N-dealkylation sites (tertiary alicyclic amines) is 1. The van der Waals surface area contributed by atoms with Gasteiger partial charge in [0.15, 0.2) is 23.0 Å². The van der Waals surface area contributed by atoms with E-state index in [1.54, 1.807) is 42.5 Å². The van der Waals surface area contributed by atoms with Crippen molar-refractivity contribution >= 4 is 17.4 Å². The molecule has 3 aromatic rings. The van der Waals surface area contributed by atoms with E-state index in [0.29, 0.717) is 67.0 Å². The van der Waals surface area contributed by atoms with Gasteiger partial charge in [-0.15, -0.1) is 0 Å². The van der Waals surface area contributed by atoms with Gasteiger partial charge in [-0.2, -0.15) is 0 Å². The smallest absolute Gasteiger partial charge is 0.295 e. The van der Waals surface area contributed by atoms with Crippen LogP contribution in [0.4, 0.5) is 0 Å². The van der Waals surface area contributed by atoms with E-state index < -0.39 is 17.7 Å². The molecule has 0 spiro atoms. The number of aliphatic hydroxyl groups is 1. The summed E-state index contributed by atoms with van der Waals surface area (Å²) in [5.41, 5.74) is 1.99.